The normalized spacial score (nSPS) is 12.1. The highest BCUT2D eigenvalue weighted by molar-refractivity contribution is 5.88. The Bertz CT molecular complexity index is 1660. The van der Waals surface area contributed by atoms with E-state index in [1.54, 1.807) is 17.3 Å². The third-order valence-electron chi connectivity index (χ3n) is 6.95. The first kappa shape index (κ1) is 23.4. The number of nitrogens with zero attached hydrogens (tertiary/aromatic N) is 6. The van der Waals surface area contributed by atoms with E-state index in [0.29, 0.717) is 12.2 Å². The number of nitrogens with one attached hydrogen (secondary N) is 1. The molecule has 38 heavy (non-hydrogen) atoms. The molecule has 0 radical (unpaired) electrons. The van der Waals surface area contributed by atoms with Crippen molar-refractivity contribution >= 4 is 23.1 Å². The molecule has 8 heteroatoms. The van der Waals surface area contributed by atoms with Crippen LogP contribution in [0.25, 0.3) is 33.5 Å². The molecule has 0 aliphatic rings. The molecule has 1 N–H and O–H groups in total. The Labute approximate surface area is 220 Å². The molecule has 4 aromatic heterocycles. The Morgan fingerprint density at radius 3 is 2.42 bits per heavy atom. The van der Waals surface area contributed by atoms with Crippen LogP contribution >= 0.6 is 0 Å². The number of imidazole rings is 2. The second kappa shape index (κ2) is 9.82. The van der Waals surface area contributed by atoms with Gasteiger partial charge in [-0.2, -0.15) is 0 Å². The summed E-state index contributed by atoms with van der Waals surface area (Å²) in [6.45, 7) is 0. The number of carbonyl (C=O) groups excluding carboxylic acids is 1. The summed E-state index contributed by atoms with van der Waals surface area (Å²) in [5, 5.41) is 1.04. The van der Waals surface area contributed by atoms with Crippen molar-refractivity contribution in [1.82, 2.24) is 29.1 Å². The van der Waals surface area contributed by atoms with Crippen LogP contribution in [0.2, 0.25) is 0 Å². The number of rotatable bonds is 8. The minimum atomic E-state index is -0.374. The minimum absolute atomic E-state index is 0.374. The van der Waals surface area contributed by atoms with Gasteiger partial charge in [-0.3, -0.25) is 14.7 Å². The zero-order valence-electron chi connectivity index (χ0n) is 21.2. The van der Waals surface area contributed by atoms with Gasteiger partial charge in [-0.25, -0.2) is 9.97 Å². The summed E-state index contributed by atoms with van der Waals surface area (Å²) in [6, 6.07) is 23.7. The van der Waals surface area contributed by atoms with Crippen LogP contribution in [0.4, 0.5) is 5.82 Å². The lowest BCUT2D eigenvalue weighted by molar-refractivity contribution is -0.108. The molecule has 6 aromatic rings. The minimum Gasteiger partial charge on any atom is -0.341 e. The number of para-hydroxylation sites is 1. The molecule has 1 amide bonds. The number of aryl methyl sites for hydroxylation is 1. The van der Waals surface area contributed by atoms with Gasteiger partial charge in [0.1, 0.15) is 23.5 Å². The summed E-state index contributed by atoms with van der Waals surface area (Å²) in [5.74, 6) is 2.40. The van der Waals surface area contributed by atoms with Crippen molar-refractivity contribution in [3.63, 3.8) is 0 Å². The van der Waals surface area contributed by atoms with Gasteiger partial charge in [0, 0.05) is 61.3 Å². The molecule has 0 fully saturated rings. The zero-order chi connectivity index (χ0) is 26.1. The van der Waals surface area contributed by atoms with Crippen molar-refractivity contribution in [2.75, 3.05) is 4.90 Å². The lowest BCUT2D eigenvalue weighted by atomic mass is 10.1. The molecule has 0 aliphatic carbocycles. The third kappa shape index (κ3) is 4.26. The van der Waals surface area contributed by atoms with Crippen molar-refractivity contribution in [2.45, 2.75) is 12.5 Å². The van der Waals surface area contributed by atoms with Crippen molar-refractivity contribution < 1.29 is 4.79 Å². The molecular formula is C30H27N7O. The average Bonchev–Trinajstić information content (AvgIpc) is 3.67. The largest absolute Gasteiger partial charge is 0.341 e. The molecule has 4 heterocycles. The van der Waals surface area contributed by atoms with Gasteiger partial charge < -0.3 is 14.1 Å². The van der Waals surface area contributed by atoms with E-state index in [2.05, 4.69) is 43.8 Å². The molecule has 0 aliphatic heterocycles. The van der Waals surface area contributed by atoms with Gasteiger partial charge in [0.05, 0.1) is 11.9 Å². The van der Waals surface area contributed by atoms with Crippen LogP contribution in [0.3, 0.4) is 0 Å². The number of carbonyl (C=O) groups is 1. The fourth-order valence-electron chi connectivity index (χ4n) is 4.96. The van der Waals surface area contributed by atoms with E-state index in [0.717, 1.165) is 51.5 Å². The van der Waals surface area contributed by atoms with E-state index in [4.69, 9.17) is 4.98 Å². The predicted octanol–water partition coefficient (Wildman–Crippen LogP) is 5.31. The number of benzene rings is 2. The quantitative estimate of drug-likeness (QED) is 0.287. The van der Waals surface area contributed by atoms with E-state index < -0.39 is 0 Å². The van der Waals surface area contributed by atoms with Crippen LogP contribution in [0.5, 0.6) is 0 Å². The maximum Gasteiger partial charge on any atom is 0.215 e. The first-order valence-corrected chi connectivity index (χ1v) is 12.4. The second-order valence-corrected chi connectivity index (χ2v) is 9.30. The van der Waals surface area contributed by atoms with Crippen LogP contribution in [-0.4, -0.2) is 35.5 Å². The topological polar surface area (TPSA) is 84.6 Å². The third-order valence-corrected chi connectivity index (χ3v) is 6.95. The summed E-state index contributed by atoms with van der Waals surface area (Å²) in [6.07, 6.45) is 8.75. The summed E-state index contributed by atoms with van der Waals surface area (Å²) in [7, 11) is 3.97. The molecule has 0 unspecified atom stereocenters. The van der Waals surface area contributed by atoms with Crippen molar-refractivity contribution in [1.29, 1.82) is 0 Å². The predicted molar refractivity (Wildman–Crippen MR) is 148 cm³/mol. The number of pyridine rings is 1. The fourth-order valence-corrected chi connectivity index (χ4v) is 4.96. The fraction of sp³-hybridized carbons (Fsp3) is 0.133. The molecule has 6 rings (SSSR count). The number of aromatic amines is 1. The Hall–Kier alpha value is -4.98. The molecule has 0 saturated heterocycles. The van der Waals surface area contributed by atoms with Gasteiger partial charge in [-0.15, -0.1) is 0 Å². The number of hydrogen-bond acceptors (Lipinski definition) is 4. The number of H-pyrrole nitrogens is 1. The highest BCUT2D eigenvalue weighted by Crippen LogP contribution is 2.32. The van der Waals surface area contributed by atoms with Gasteiger partial charge in [0.15, 0.2) is 0 Å². The maximum absolute atomic E-state index is 12.6. The maximum atomic E-state index is 12.6. The number of fused-ring (bicyclic) bond motifs is 1. The lowest BCUT2D eigenvalue weighted by Crippen LogP contribution is -2.31. The Balaban J connectivity index is 1.39. The van der Waals surface area contributed by atoms with Gasteiger partial charge in [0.25, 0.3) is 0 Å². The summed E-state index contributed by atoms with van der Waals surface area (Å²) in [5.41, 5.74) is 4.88. The lowest BCUT2D eigenvalue weighted by Gasteiger charge is -2.27. The van der Waals surface area contributed by atoms with E-state index >= 15 is 0 Å². The average molecular weight is 502 g/mol. The number of anilines is 1. The van der Waals surface area contributed by atoms with Gasteiger partial charge >= 0.3 is 0 Å². The van der Waals surface area contributed by atoms with Gasteiger partial charge in [-0.1, -0.05) is 48.5 Å². The van der Waals surface area contributed by atoms with E-state index in [9.17, 15) is 4.79 Å². The van der Waals surface area contributed by atoms with Crippen LogP contribution in [0, 0.1) is 0 Å². The first-order valence-electron chi connectivity index (χ1n) is 12.4. The molecule has 0 bridgehead atoms. The monoisotopic (exact) mass is 501 g/mol. The van der Waals surface area contributed by atoms with Crippen LogP contribution in [-0.2, 0) is 25.3 Å². The Morgan fingerprint density at radius 1 is 0.921 bits per heavy atom. The van der Waals surface area contributed by atoms with E-state index in [1.807, 2.05) is 79.6 Å². The van der Waals surface area contributed by atoms with Crippen LogP contribution in [0.1, 0.15) is 17.6 Å². The Morgan fingerprint density at radius 2 is 1.71 bits per heavy atom. The molecule has 0 spiro atoms. The second-order valence-electron chi connectivity index (χ2n) is 9.30. The molecule has 0 saturated carbocycles. The van der Waals surface area contributed by atoms with Crippen LogP contribution < -0.4 is 4.90 Å². The first-order chi connectivity index (χ1) is 18.6. The number of aromatic nitrogens is 6. The molecule has 2 aromatic carbocycles. The summed E-state index contributed by atoms with van der Waals surface area (Å²) < 4.78 is 4.06. The summed E-state index contributed by atoms with van der Waals surface area (Å²) in [4.78, 5) is 31.5. The van der Waals surface area contributed by atoms with Gasteiger partial charge in [0.2, 0.25) is 6.41 Å². The molecular weight excluding hydrogens is 474 g/mol. The molecule has 8 nitrogen and oxygen atoms in total. The molecule has 1 atom stereocenters. The van der Waals surface area contributed by atoms with Crippen molar-refractivity contribution in [3.05, 3.63) is 109 Å². The van der Waals surface area contributed by atoms with Crippen molar-refractivity contribution in [2.24, 2.45) is 14.1 Å². The Kier molecular flexibility index (Phi) is 6.05. The van der Waals surface area contributed by atoms with Crippen molar-refractivity contribution in [3.8, 4) is 22.6 Å². The number of amides is 1. The van der Waals surface area contributed by atoms with Crippen LogP contribution in [0.15, 0.2) is 97.6 Å². The standard InChI is InChI=1S/C30H27N7O/c1-35-16-15-32-29(35)22-12-10-21(11-13-22)27-19-33-30(36(27)2)26(18-24-8-5-6-14-31-24)37(20-38)28-17-23-7-3-4-9-25(23)34-28/h3-17,19-20,26,34H,18H2,1-2H3/t26-/m0/s1. The summed E-state index contributed by atoms with van der Waals surface area (Å²) >= 11 is 0. The van der Waals surface area contributed by atoms with E-state index in [1.165, 1.54) is 0 Å². The SMILES string of the molecule is Cn1ccnc1-c1ccc(-c2cnc([C@H](Cc3ccccn3)N(C=O)c3cc4ccccc4[nH]3)n2C)cc1. The molecule has 188 valence electrons. The highest BCUT2D eigenvalue weighted by Gasteiger charge is 2.28. The number of hydrogen-bond donors (Lipinski definition) is 1. The smallest absolute Gasteiger partial charge is 0.215 e. The van der Waals surface area contributed by atoms with Gasteiger partial charge in [-0.05, 0) is 29.8 Å². The van der Waals surface area contributed by atoms with E-state index in [-0.39, 0.29) is 6.04 Å². The zero-order valence-corrected chi connectivity index (χ0v) is 21.2. The highest BCUT2D eigenvalue weighted by atomic mass is 16.1.